The van der Waals surface area contributed by atoms with Crippen molar-refractivity contribution in [1.82, 2.24) is 0 Å². The predicted molar refractivity (Wildman–Crippen MR) is 113 cm³/mol. The summed E-state index contributed by atoms with van der Waals surface area (Å²) in [6.07, 6.45) is 6.04. The van der Waals surface area contributed by atoms with Crippen LogP contribution in [0.5, 0.6) is 5.75 Å². The minimum Gasteiger partial charge on any atom is -0.491 e. The lowest BCUT2D eigenvalue weighted by Crippen LogP contribution is -2.20. The molecule has 5 atom stereocenters. The summed E-state index contributed by atoms with van der Waals surface area (Å²) in [5.41, 5.74) is -0.801. The fourth-order valence-electron chi connectivity index (χ4n) is 3.61. The average Bonchev–Trinajstić information content (AvgIpc) is 2.96. The monoisotopic (exact) mass is 446 g/mol. The Kier molecular flexibility index (Phi) is 9.72. The maximum absolute atomic E-state index is 12.8. The van der Waals surface area contributed by atoms with Gasteiger partial charge in [0.05, 0.1) is 11.7 Å². The molecule has 1 saturated carbocycles. The molecule has 2 N–H and O–H groups in total. The van der Waals surface area contributed by atoms with E-state index in [-0.39, 0.29) is 29.6 Å². The van der Waals surface area contributed by atoms with E-state index in [0.29, 0.717) is 12.8 Å². The molecule has 2 rings (SSSR count). The van der Waals surface area contributed by atoms with Crippen LogP contribution in [-0.4, -0.2) is 34.4 Å². The van der Waals surface area contributed by atoms with E-state index in [1.807, 2.05) is 0 Å². The van der Waals surface area contributed by atoms with Crippen molar-refractivity contribution in [2.45, 2.75) is 62.8 Å². The van der Waals surface area contributed by atoms with Crippen molar-refractivity contribution in [2.75, 3.05) is 6.61 Å². The highest BCUT2D eigenvalue weighted by atomic mass is 35.5. The molecule has 0 heterocycles. The van der Waals surface area contributed by atoms with Gasteiger partial charge in [0.25, 0.3) is 0 Å². The smallest absolute Gasteiger partial charge is 0.416 e. The maximum Gasteiger partial charge on any atom is 0.416 e. The fourth-order valence-corrected chi connectivity index (χ4v) is 4.07. The van der Waals surface area contributed by atoms with Crippen LogP contribution in [0.3, 0.4) is 0 Å². The number of rotatable bonds is 10. The van der Waals surface area contributed by atoms with Gasteiger partial charge in [-0.2, -0.15) is 13.2 Å². The molecule has 1 fully saturated rings. The summed E-state index contributed by atoms with van der Waals surface area (Å²) in [6, 6.07) is 4.54. The van der Waals surface area contributed by atoms with Gasteiger partial charge >= 0.3 is 6.18 Å². The molecule has 1 aromatic carbocycles. The van der Waals surface area contributed by atoms with E-state index < -0.39 is 23.9 Å². The van der Waals surface area contributed by atoms with E-state index in [4.69, 9.17) is 16.3 Å². The molecule has 7 heteroatoms. The maximum atomic E-state index is 12.8. The van der Waals surface area contributed by atoms with E-state index in [2.05, 4.69) is 19.1 Å². The van der Waals surface area contributed by atoms with Gasteiger partial charge in [-0.15, -0.1) is 11.6 Å². The van der Waals surface area contributed by atoms with E-state index >= 15 is 0 Å². The Balaban J connectivity index is 1.90. The Morgan fingerprint density at radius 1 is 1.30 bits per heavy atom. The van der Waals surface area contributed by atoms with Crippen molar-refractivity contribution in [3.05, 3.63) is 54.1 Å². The molecule has 168 valence electrons. The normalized spacial score (nSPS) is 26.0. The van der Waals surface area contributed by atoms with Crippen LogP contribution < -0.4 is 4.74 Å². The Bertz CT molecular complexity index is 705. The molecule has 0 bridgehead atoms. The SMILES string of the molecule is CCCC/C=C/CC1C(O)CC(Cl)C1/C=C/C(O)COc1cccc(C(F)(F)F)c1. The van der Waals surface area contributed by atoms with Crippen molar-refractivity contribution in [3.8, 4) is 5.75 Å². The number of halogens is 4. The number of aliphatic hydroxyl groups excluding tert-OH is 2. The lowest BCUT2D eigenvalue weighted by atomic mass is 9.90. The van der Waals surface area contributed by atoms with Crippen LogP contribution in [0.2, 0.25) is 0 Å². The van der Waals surface area contributed by atoms with E-state index in [1.165, 1.54) is 12.1 Å². The van der Waals surface area contributed by atoms with Crippen LogP contribution in [0.15, 0.2) is 48.6 Å². The summed E-state index contributed by atoms with van der Waals surface area (Å²) in [7, 11) is 0. The first-order valence-corrected chi connectivity index (χ1v) is 10.8. The molecule has 3 nitrogen and oxygen atoms in total. The van der Waals surface area contributed by atoms with Crippen LogP contribution in [0.4, 0.5) is 13.2 Å². The first kappa shape index (κ1) is 24.8. The number of alkyl halides is 4. The van der Waals surface area contributed by atoms with E-state index in [1.54, 1.807) is 12.2 Å². The summed E-state index contributed by atoms with van der Waals surface area (Å²) in [5.74, 6) is -0.0854. The van der Waals surface area contributed by atoms with Gasteiger partial charge in [0.2, 0.25) is 0 Å². The average molecular weight is 447 g/mol. The number of hydrogen-bond acceptors (Lipinski definition) is 3. The largest absolute Gasteiger partial charge is 0.491 e. The number of ether oxygens (including phenoxy) is 1. The zero-order valence-corrected chi connectivity index (χ0v) is 17.8. The van der Waals surface area contributed by atoms with Gasteiger partial charge in [0, 0.05) is 5.38 Å². The molecule has 0 aliphatic heterocycles. The number of unbranched alkanes of at least 4 members (excludes halogenated alkanes) is 2. The third kappa shape index (κ3) is 7.64. The molecule has 1 aromatic rings. The summed E-state index contributed by atoms with van der Waals surface area (Å²) in [6.45, 7) is 1.96. The molecular weight excluding hydrogens is 417 g/mol. The molecule has 0 aromatic heterocycles. The standard InChI is InChI=1S/C23H30ClF3O3/c1-2-3-4-5-6-10-20-19(21(24)14-22(20)29)12-11-17(28)15-30-18-9-7-8-16(13-18)23(25,26)27/h5-9,11-13,17,19-22,28-29H,2-4,10,14-15H2,1H3/b6-5+,12-11+. The molecule has 1 aliphatic carbocycles. The van der Waals surface area contributed by atoms with Gasteiger partial charge < -0.3 is 14.9 Å². The molecule has 1 aliphatic rings. The number of aliphatic hydroxyl groups is 2. The van der Waals surface area contributed by atoms with Gasteiger partial charge in [-0.3, -0.25) is 0 Å². The Labute approximate surface area is 181 Å². The van der Waals surface area contributed by atoms with Gasteiger partial charge in [-0.1, -0.05) is 50.1 Å². The minimum atomic E-state index is -4.45. The second kappa shape index (κ2) is 11.8. The van der Waals surface area contributed by atoms with E-state index in [9.17, 15) is 23.4 Å². The van der Waals surface area contributed by atoms with Crippen LogP contribution in [0, 0.1) is 11.8 Å². The second-order valence-electron chi connectivity index (χ2n) is 7.70. The first-order valence-electron chi connectivity index (χ1n) is 10.4. The topological polar surface area (TPSA) is 49.7 Å². The van der Waals surface area contributed by atoms with Crippen LogP contribution in [-0.2, 0) is 6.18 Å². The molecule has 0 amide bonds. The number of hydrogen-bond donors (Lipinski definition) is 2. The molecule has 5 unspecified atom stereocenters. The quantitative estimate of drug-likeness (QED) is 0.273. The molecule has 30 heavy (non-hydrogen) atoms. The highest BCUT2D eigenvalue weighted by molar-refractivity contribution is 6.21. The van der Waals surface area contributed by atoms with Gasteiger partial charge in [-0.05, 0) is 49.3 Å². The predicted octanol–water partition coefficient (Wildman–Crippen LogP) is 5.74. The summed E-state index contributed by atoms with van der Waals surface area (Å²) < 4.78 is 43.6. The van der Waals surface area contributed by atoms with E-state index in [0.717, 1.165) is 31.4 Å². The van der Waals surface area contributed by atoms with Crippen LogP contribution in [0.25, 0.3) is 0 Å². The number of benzene rings is 1. The highest BCUT2D eigenvalue weighted by Crippen LogP contribution is 2.39. The lowest BCUT2D eigenvalue weighted by Gasteiger charge is -2.19. The van der Waals surface area contributed by atoms with Crippen molar-refractivity contribution in [2.24, 2.45) is 11.8 Å². The summed E-state index contributed by atoms with van der Waals surface area (Å²) in [5, 5.41) is 20.2. The molecular formula is C23H30ClF3O3. The van der Waals surface area contributed by atoms with Crippen LogP contribution in [0.1, 0.15) is 44.6 Å². The minimum absolute atomic E-state index is 0.0294. The van der Waals surface area contributed by atoms with Gasteiger partial charge in [0.1, 0.15) is 18.5 Å². The number of allylic oxidation sites excluding steroid dienone is 3. The van der Waals surface area contributed by atoms with Crippen molar-refractivity contribution in [3.63, 3.8) is 0 Å². The Hall–Kier alpha value is -1.50. The zero-order chi connectivity index (χ0) is 22.1. The zero-order valence-electron chi connectivity index (χ0n) is 17.1. The Morgan fingerprint density at radius 3 is 2.77 bits per heavy atom. The highest BCUT2D eigenvalue weighted by Gasteiger charge is 2.39. The van der Waals surface area contributed by atoms with Crippen molar-refractivity contribution < 1.29 is 28.1 Å². The second-order valence-corrected chi connectivity index (χ2v) is 8.26. The Morgan fingerprint density at radius 2 is 2.07 bits per heavy atom. The summed E-state index contributed by atoms with van der Waals surface area (Å²) in [4.78, 5) is 0. The first-order chi connectivity index (χ1) is 14.2. The van der Waals surface area contributed by atoms with Gasteiger partial charge in [0.15, 0.2) is 0 Å². The van der Waals surface area contributed by atoms with Crippen molar-refractivity contribution >= 4 is 11.6 Å². The molecule has 0 radical (unpaired) electrons. The van der Waals surface area contributed by atoms with Gasteiger partial charge in [-0.25, -0.2) is 0 Å². The molecule has 0 spiro atoms. The van der Waals surface area contributed by atoms with Crippen LogP contribution >= 0.6 is 11.6 Å². The fraction of sp³-hybridized carbons (Fsp3) is 0.565. The third-order valence-corrected chi connectivity index (χ3v) is 5.78. The molecule has 0 saturated heterocycles. The third-order valence-electron chi connectivity index (χ3n) is 5.31. The lowest BCUT2D eigenvalue weighted by molar-refractivity contribution is -0.137. The van der Waals surface area contributed by atoms with Crippen molar-refractivity contribution in [1.29, 1.82) is 0 Å². The summed E-state index contributed by atoms with van der Waals surface area (Å²) >= 11 is 6.39.